The molecule has 1 atom stereocenters. The minimum atomic E-state index is -6.05. The van der Waals surface area contributed by atoms with Gasteiger partial charge in [0.25, 0.3) is 25.8 Å². The van der Waals surface area contributed by atoms with Gasteiger partial charge in [-0.25, -0.2) is 21.6 Å². The van der Waals surface area contributed by atoms with Crippen LogP contribution in [0.2, 0.25) is 5.02 Å². The molecule has 0 spiro atoms. The van der Waals surface area contributed by atoms with E-state index in [1.807, 2.05) is 47.2 Å². The molecule has 0 saturated carbocycles. The van der Waals surface area contributed by atoms with Crippen molar-refractivity contribution < 1.29 is 39.5 Å². The molecular weight excluding hydrogens is 919 g/mol. The lowest BCUT2D eigenvalue weighted by Crippen LogP contribution is -2.47. The average molecular weight is 975 g/mol. The normalized spacial score (nSPS) is 18.3. The molecule has 2 saturated heterocycles. The van der Waals surface area contributed by atoms with Crippen molar-refractivity contribution in [3.63, 3.8) is 0 Å². The van der Waals surface area contributed by atoms with E-state index in [4.69, 9.17) is 16.3 Å². The zero-order valence-electron chi connectivity index (χ0n) is 36.4. The van der Waals surface area contributed by atoms with Gasteiger partial charge in [0, 0.05) is 85.3 Å². The number of sulfone groups is 1. The summed E-state index contributed by atoms with van der Waals surface area (Å²) >= 11 is 7.65. The van der Waals surface area contributed by atoms with Crippen molar-refractivity contribution in [1.82, 2.24) is 14.5 Å². The number of hydrogen-bond donors (Lipinski definition) is 2. The van der Waals surface area contributed by atoms with Crippen LogP contribution in [0.4, 0.5) is 24.5 Å². The number of carbonyl (C=O) groups is 1. The number of benzene rings is 4. The topological polar surface area (TPSA) is 128 Å². The van der Waals surface area contributed by atoms with Crippen molar-refractivity contribution >= 4 is 66.1 Å². The van der Waals surface area contributed by atoms with E-state index >= 15 is 0 Å². The highest BCUT2D eigenvalue weighted by molar-refractivity contribution is 7.99. The van der Waals surface area contributed by atoms with Crippen LogP contribution < -0.4 is 14.9 Å². The van der Waals surface area contributed by atoms with Gasteiger partial charge in [-0.1, -0.05) is 61.4 Å². The number of amides is 1. The van der Waals surface area contributed by atoms with E-state index in [1.165, 1.54) is 40.6 Å². The van der Waals surface area contributed by atoms with E-state index in [2.05, 4.69) is 46.0 Å². The van der Waals surface area contributed by atoms with Crippen molar-refractivity contribution in [2.75, 3.05) is 81.5 Å². The number of rotatable bonds is 16. The maximum Gasteiger partial charge on any atom is 0.501 e. The van der Waals surface area contributed by atoms with Gasteiger partial charge in [0.2, 0.25) is 0 Å². The molecule has 11 nitrogen and oxygen atoms in total. The summed E-state index contributed by atoms with van der Waals surface area (Å²) in [6.45, 7) is 11.6. The molecule has 4 aromatic carbocycles. The van der Waals surface area contributed by atoms with Crippen molar-refractivity contribution in [2.24, 2.45) is 5.41 Å². The highest BCUT2D eigenvalue weighted by Gasteiger charge is 2.48. The Balaban J connectivity index is 1.02. The number of ether oxygens (including phenoxy) is 1. The fourth-order valence-electron chi connectivity index (χ4n) is 8.39. The van der Waals surface area contributed by atoms with Gasteiger partial charge in [-0.15, -0.1) is 11.8 Å². The molecule has 0 unspecified atom stereocenters. The van der Waals surface area contributed by atoms with E-state index in [-0.39, 0.29) is 11.0 Å². The summed E-state index contributed by atoms with van der Waals surface area (Å²) < 4.78 is 103. The first-order chi connectivity index (χ1) is 30.9. The third kappa shape index (κ3) is 12.7. The summed E-state index contributed by atoms with van der Waals surface area (Å²) in [7, 11) is -10.9. The number of piperazine rings is 1. The molecule has 7 rings (SSSR count). The third-order valence-corrected chi connectivity index (χ3v) is 16.5. The summed E-state index contributed by atoms with van der Waals surface area (Å²) in [4.78, 5) is 19.0. The monoisotopic (exact) mass is 973 g/mol. The molecule has 65 heavy (non-hydrogen) atoms. The van der Waals surface area contributed by atoms with Crippen LogP contribution in [-0.2, 0) is 24.6 Å². The Morgan fingerprint density at radius 1 is 0.862 bits per heavy atom. The van der Waals surface area contributed by atoms with Gasteiger partial charge in [-0.3, -0.25) is 14.6 Å². The Kier molecular flexibility index (Phi) is 15.6. The van der Waals surface area contributed by atoms with Crippen molar-refractivity contribution in [3.05, 3.63) is 119 Å². The van der Waals surface area contributed by atoms with E-state index in [0.717, 1.165) is 74.7 Å². The summed E-state index contributed by atoms with van der Waals surface area (Å²) in [5, 5.41) is 3.71. The fourth-order valence-corrected chi connectivity index (χ4v) is 11.5. The number of allylic oxidation sites excluding steroid dienone is 1. The van der Waals surface area contributed by atoms with Crippen LogP contribution in [0.5, 0.6) is 0 Å². The molecule has 1 aliphatic carbocycles. The first-order valence-corrected chi connectivity index (χ1v) is 26.0. The Labute approximate surface area is 389 Å². The first kappa shape index (κ1) is 48.8. The number of halogens is 4. The van der Waals surface area contributed by atoms with Gasteiger partial charge in [0.15, 0.2) is 0 Å². The molecule has 2 heterocycles. The molecule has 350 valence electrons. The minimum Gasteiger partial charge on any atom is -0.380 e. The summed E-state index contributed by atoms with van der Waals surface area (Å²) in [6.07, 6.45) is 3.60. The molecule has 18 heteroatoms. The minimum absolute atomic E-state index is 0.00158. The van der Waals surface area contributed by atoms with E-state index in [0.29, 0.717) is 56.1 Å². The zero-order valence-corrected chi connectivity index (χ0v) is 39.7. The third-order valence-electron chi connectivity index (χ3n) is 12.2. The molecule has 4 aromatic rings. The zero-order chi connectivity index (χ0) is 46.4. The second kappa shape index (κ2) is 20.8. The number of nitrogens with one attached hydrogen (secondary N) is 2. The van der Waals surface area contributed by atoms with Crippen LogP contribution in [0.3, 0.4) is 0 Å². The van der Waals surface area contributed by atoms with Crippen LogP contribution in [0.1, 0.15) is 55.5 Å². The van der Waals surface area contributed by atoms with Crippen LogP contribution in [0.15, 0.2) is 117 Å². The average Bonchev–Trinajstić information content (AvgIpc) is 3.28. The summed E-state index contributed by atoms with van der Waals surface area (Å²) in [5.41, 5.74) is -1.02. The Bertz CT molecular complexity index is 2530. The van der Waals surface area contributed by atoms with Crippen LogP contribution in [-0.4, -0.2) is 115 Å². The van der Waals surface area contributed by atoms with Crippen LogP contribution in [0, 0.1) is 5.41 Å². The van der Waals surface area contributed by atoms with Crippen molar-refractivity contribution in [2.45, 2.75) is 65.8 Å². The number of morpholine rings is 1. The molecular formula is C47H55ClF3N5O6S3. The Morgan fingerprint density at radius 2 is 1.54 bits per heavy atom. The molecule has 1 amide bonds. The summed E-state index contributed by atoms with van der Waals surface area (Å²) in [6, 6.07) is 25.8. The fraction of sp³-hybridized carbons (Fsp3) is 0.426. The number of anilines is 2. The lowest BCUT2D eigenvalue weighted by Gasteiger charge is -2.39. The van der Waals surface area contributed by atoms with Gasteiger partial charge < -0.3 is 15.0 Å². The van der Waals surface area contributed by atoms with Gasteiger partial charge in [-0.2, -0.15) is 13.2 Å². The predicted molar refractivity (Wildman–Crippen MR) is 252 cm³/mol. The summed E-state index contributed by atoms with van der Waals surface area (Å²) in [5.74, 6) is -0.653. The van der Waals surface area contributed by atoms with Gasteiger partial charge in [-0.05, 0) is 109 Å². The lowest BCUT2D eigenvalue weighted by molar-refractivity contribution is -0.0435. The largest absolute Gasteiger partial charge is 0.501 e. The van der Waals surface area contributed by atoms with Gasteiger partial charge >= 0.3 is 5.51 Å². The van der Waals surface area contributed by atoms with Gasteiger partial charge in [0.1, 0.15) is 4.90 Å². The second-order valence-corrected chi connectivity index (χ2v) is 22.6. The lowest BCUT2D eigenvalue weighted by atomic mass is 9.72. The van der Waals surface area contributed by atoms with Crippen molar-refractivity contribution in [3.8, 4) is 0 Å². The number of hydrogen-bond acceptors (Lipinski definition) is 11. The molecule has 0 aromatic heterocycles. The number of nitrogens with zero attached hydrogens (tertiary/aromatic N) is 3. The number of sulfonamides is 1. The van der Waals surface area contributed by atoms with Crippen LogP contribution >= 0.6 is 23.4 Å². The second-order valence-electron chi connectivity index (χ2n) is 17.5. The van der Waals surface area contributed by atoms with Crippen LogP contribution in [0.25, 0.3) is 5.57 Å². The van der Waals surface area contributed by atoms with E-state index in [1.54, 1.807) is 12.1 Å². The van der Waals surface area contributed by atoms with Crippen molar-refractivity contribution in [1.29, 1.82) is 0 Å². The highest BCUT2D eigenvalue weighted by atomic mass is 35.5. The van der Waals surface area contributed by atoms with Gasteiger partial charge in [0.05, 0.1) is 23.8 Å². The molecule has 0 radical (unpaired) electrons. The van der Waals surface area contributed by atoms with E-state index in [9.17, 15) is 34.8 Å². The molecule has 2 fully saturated rings. The Hall–Kier alpha value is -4.10. The maximum absolute atomic E-state index is 14.2. The highest BCUT2D eigenvalue weighted by Crippen LogP contribution is 2.43. The first-order valence-electron chi connectivity index (χ1n) is 21.7. The smallest absolute Gasteiger partial charge is 0.380 e. The number of thioether (sulfide) groups is 1. The molecule has 2 N–H and O–H groups in total. The Morgan fingerprint density at radius 3 is 2.20 bits per heavy atom. The number of alkyl halides is 3. The molecule has 3 aliphatic rings. The maximum atomic E-state index is 14.2. The molecule has 2 aliphatic heterocycles. The molecule has 0 bridgehead atoms. The quantitative estimate of drug-likeness (QED) is 0.105. The predicted octanol–water partition coefficient (Wildman–Crippen LogP) is 8.83. The SMILES string of the molecule is CC1(C)CCC(CN2CCN(c3ccc(C(=O)NS(=O)(=O)c4ccc(N[C@H](CCN5CCOCC5)CSc5ccccc5)c(S(=O)(=O)C(F)(F)F)c4)cc3)CC2)=C(c2ccc(Cl)cc2)C1. The van der Waals surface area contributed by atoms with E-state index < -0.39 is 52.8 Å². The number of carbonyl (C=O) groups excluding carboxylic acids is 1. The standard InChI is InChI=1S/C47H55ClF3N5O6S3/c1-46(2)20-18-36(42(31-46)34-8-12-37(48)13-9-34)32-55-22-24-56(25-23-55)39-14-10-35(11-15-39)45(57)53-65(60,61)41-16-17-43(44(30-41)64(58,59)47(49,50)51)52-38(19-21-54-26-28-62-29-27-54)33-63-40-6-4-3-5-7-40/h3-17,30,38,52H,18-29,31-33H2,1-2H3,(H,53,57)/t38-/m1/s1.